The molecule has 3 aromatic rings. The van der Waals surface area contributed by atoms with Gasteiger partial charge in [0.1, 0.15) is 18.2 Å². The van der Waals surface area contributed by atoms with E-state index in [0.717, 1.165) is 22.6 Å². The molecule has 25 heavy (non-hydrogen) atoms. The minimum Gasteiger partial charge on any atom is -0.354 e. The molecule has 0 unspecified atom stereocenters. The number of fused-ring (bicyclic) bond motifs is 1. The van der Waals surface area contributed by atoms with E-state index >= 15 is 0 Å². The van der Waals surface area contributed by atoms with Crippen LogP contribution in [-0.4, -0.2) is 28.3 Å². The molecule has 0 aliphatic rings. The number of aromatic nitrogens is 2. The lowest BCUT2D eigenvalue weighted by Crippen LogP contribution is -2.30. The average molecular weight is 357 g/mol. The Kier molecular flexibility index (Phi) is 5.71. The summed E-state index contributed by atoms with van der Waals surface area (Å²) in [5.41, 5.74) is 2.46. The summed E-state index contributed by atoms with van der Waals surface area (Å²) in [5.74, 6) is 1.30. The van der Waals surface area contributed by atoms with E-state index in [9.17, 15) is 9.18 Å². The molecule has 1 heterocycles. The lowest BCUT2D eigenvalue weighted by molar-refractivity contribution is -0.121. The Labute approximate surface area is 150 Å². The van der Waals surface area contributed by atoms with Crippen molar-refractivity contribution in [3.63, 3.8) is 0 Å². The van der Waals surface area contributed by atoms with Gasteiger partial charge in [-0.1, -0.05) is 30.3 Å². The summed E-state index contributed by atoms with van der Waals surface area (Å²) in [6.45, 7) is 0.623. The zero-order valence-corrected chi connectivity index (χ0v) is 14.9. The van der Waals surface area contributed by atoms with E-state index in [1.54, 1.807) is 30.0 Å². The number of benzene rings is 2. The minimum atomic E-state index is -0.236. The van der Waals surface area contributed by atoms with Crippen molar-refractivity contribution in [1.82, 2.24) is 14.9 Å². The fraction of sp³-hybridized carbons (Fsp3) is 0.263. The van der Waals surface area contributed by atoms with E-state index in [1.165, 1.54) is 6.07 Å². The molecular formula is C19H20FN3OS. The fourth-order valence-electron chi connectivity index (χ4n) is 2.78. The largest absolute Gasteiger partial charge is 0.354 e. The van der Waals surface area contributed by atoms with Crippen LogP contribution in [-0.2, 0) is 23.5 Å². The molecule has 4 nitrogen and oxygen atoms in total. The number of para-hydroxylation sites is 2. The van der Waals surface area contributed by atoms with Gasteiger partial charge in [0.25, 0.3) is 0 Å². The third-order valence-electron chi connectivity index (χ3n) is 3.98. The molecule has 3 rings (SSSR count). The Hall–Kier alpha value is -2.34. The van der Waals surface area contributed by atoms with Crippen LogP contribution in [0.15, 0.2) is 48.5 Å². The van der Waals surface area contributed by atoms with Crippen molar-refractivity contribution in [2.75, 3.05) is 12.8 Å². The number of hydrogen-bond acceptors (Lipinski definition) is 3. The first-order valence-corrected chi connectivity index (χ1v) is 9.51. The van der Waals surface area contributed by atoms with Crippen molar-refractivity contribution < 1.29 is 9.18 Å². The normalized spacial score (nSPS) is 11.0. The fourth-order valence-corrected chi connectivity index (χ4v) is 3.26. The second-order valence-electron chi connectivity index (χ2n) is 5.73. The van der Waals surface area contributed by atoms with Crippen molar-refractivity contribution in [3.8, 4) is 0 Å². The van der Waals surface area contributed by atoms with Crippen LogP contribution in [0, 0.1) is 5.82 Å². The van der Waals surface area contributed by atoms with Gasteiger partial charge in [0, 0.05) is 6.54 Å². The van der Waals surface area contributed by atoms with Gasteiger partial charge in [-0.3, -0.25) is 4.79 Å². The summed E-state index contributed by atoms with van der Waals surface area (Å²) >= 11 is 1.67. The average Bonchev–Trinajstić information content (AvgIpc) is 2.95. The van der Waals surface area contributed by atoms with Crippen molar-refractivity contribution >= 4 is 28.7 Å². The van der Waals surface area contributed by atoms with E-state index in [-0.39, 0.29) is 18.3 Å². The standard InChI is InChI=1S/C19H20FN3OS/c1-25-13-18-22-16-8-4-5-9-17(16)23(18)12-19(24)21-11-10-14-6-2-3-7-15(14)20/h2-9H,10-13H2,1H3,(H,21,24). The molecule has 1 aromatic heterocycles. The molecule has 0 atom stereocenters. The van der Waals surface area contributed by atoms with Crippen molar-refractivity contribution in [2.45, 2.75) is 18.7 Å². The highest BCUT2D eigenvalue weighted by atomic mass is 32.2. The van der Waals surface area contributed by atoms with E-state index < -0.39 is 0 Å². The molecule has 0 saturated heterocycles. The van der Waals surface area contributed by atoms with Crippen molar-refractivity contribution in [1.29, 1.82) is 0 Å². The van der Waals surface area contributed by atoms with Crippen molar-refractivity contribution in [2.24, 2.45) is 0 Å². The topological polar surface area (TPSA) is 46.9 Å². The number of amides is 1. The molecule has 0 aliphatic carbocycles. The van der Waals surface area contributed by atoms with E-state index in [1.807, 2.05) is 35.1 Å². The van der Waals surface area contributed by atoms with Crippen LogP contribution in [0.25, 0.3) is 11.0 Å². The van der Waals surface area contributed by atoms with Crippen LogP contribution in [0.5, 0.6) is 0 Å². The van der Waals surface area contributed by atoms with Crippen LogP contribution in [0.1, 0.15) is 11.4 Å². The minimum absolute atomic E-state index is 0.0955. The predicted molar refractivity (Wildman–Crippen MR) is 100 cm³/mol. The summed E-state index contributed by atoms with van der Waals surface area (Å²) < 4.78 is 15.6. The smallest absolute Gasteiger partial charge is 0.240 e. The first kappa shape index (κ1) is 17.5. The summed E-state index contributed by atoms with van der Waals surface area (Å²) in [6, 6.07) is 14.4. The van der Waals surface area contributed by atoms with Gasteiger partial charge in [-0.15, -0.1) is 0 Å². The number of thioether (sulfide) groups is 1. The lowest BCUT2D eigenvalue weighted by Gasteiger charge is -2.10. The van der Waals surface area contributed by atoms with E-state index in [4.69, 9.17) is 0 Å². The number of nitrogens with zero attached hydrogens (tertiary/aromatic N) is 2. The molecule has 0 radical (unpaired) electrons. The van der Waals surface area contributed by atoms with Gasteiger partial charge in [0.2, 0.25) is 5.91 Å². The zero-order chi connectivity index (χ0) is 17.6. The highest BCUT2D eigenvalue weighted by Crippen LogP contribution is 2.18. The van der Waals surface area contributed by atoms with Gasteiger partial charge in [-0.25, -0.2) is 9.37 Å². The Morgan fingerprint density at radius 3 is 2.76 bits per heavy atom. The number of carbonyl (C=O) groups excluding carboxylic acids is 1. The highest BCUT2D eigenvalue weighted by Gasteiger charge is 2.13. The molecule has 0 fully saturated rings. The first-order valence-electron chi connectivity index (χ1n) is 8.12. The summed E-state index contributed by atoms with van der Waals surface area (Å²) in [6.07, 6.45) is 2.49. The third-order valence-corrected chi connectivity index (χ3v) is 4.53. The van der Waals surface area contributed by atoms with Gasteiger partial charge in [-0.2, -0.15) is 11.8 Å². The molecule has 6 heteroatoms. The number of rotatable bonds is 7. The SMILES string of the molecule is CSCc1nc2ccccc2n1CC(=O)NCCc1ccccc1F. The number of carbonyl (C=O) groups is 1. The second kappa shape index (κ2) is 8.16. The molecule has 1 N–H and O–H groups in total. The summed E-state index contributed by atoms with van der Waals surface area (Å²) in [4.78, 5) is 16.9. The second-order valence-corrected chi connectivity index (χ2v) is 6.59. The maximum Gasteiger partial charge on any atom is 0.240 e. The number of imidazole rings is 1. The first-order chi connectivity index (χ1) is 12.2. The number of nitrogens with one attached hydrogen (secondary N) is 1. The molecule has 130 valence electrons. The van der Waals surface area contributed by atoms with Gasteiger partial charge in [-0.05, 0) is 36.4 Å². The van der Waals surface area contributed by atoms with E-state index in [2.05, 4.69) is 10.3 Å². The van der Waals surface area contributed by atoms with Gasteiger partial charge in [0.05, 0.1) is 16.8 Å². The lowest BCUT2D eigenvalue weighted by atomic mass is 10.1. The van der Waals surface area contributed by atoms with E-state index in [0.29, 0.717) is 18.5 Å². The van der Waals surface area contributed by atoms with Gasteiger partial charge >= 0.3 is 0 Å². The Balaban J connectivity index is 1.65. The molecule has 0 aliphatic heterocycles. The van der Waals surface area contributed by atoms with Crippen LogP contribution in [0.4, 0.5) is 4.39 Å². The predicted octanol–water partition coefficient (Wildman–Crippen LogP) is 3.40. The molecular weight excluding hydrogens is 337 g/mol. The van der Waals surface area contributed by atoms with Gasteiger partial charge < -0.3 is 9.88 Å². The third kappa shape index (κ3) is 4.20. The Morgan fingerprint density at radius 2 is 1.96 bits per heavy atom. The van der Waals surface area contributed by atoms with Gasteiger partial charge in [0.15, 0.2) is 0 Å². The molecule has 2 aromatic carbocycles. The van der Waals surface area contributed by atoms with Crippen LogP contribution in [0.2, 0.25) is 0 Å². The highest BCUT2D eigenvalue weighted by molar-refractivity contribution is 7.97. The number of hydrogen-bond donors (Lipinski definition) is 1. The summed E-state index contributed by atoms with van der Waals surface area (Å²) in [7, 11) is 0. The van der Waals surface area contributed by atoms with Crippen LogP contribution >= 0.6 is 11.8 Å². The molecule has 0 spiro atoms. The van der Waals surface area contributed by atoms with Crippen LogP contribution < -0.4 is 5.32 Å². The molecule has 0 saturated carbocycles. The Bertz CT molecular complexity index is 878. The molecule has 0 bridgehead atoms. The number of halogens is 1. The van der Waals surface area contributed by atoms with Crippen molar-refractivity contribution in [3.05, 3.63) is 65.7 Å². The van der Waals surface area contributed by atoms with Crippen LogP contribution in [0.3, 0.4) is 0 Å². The Morgan fingerprint density at radius 1 is 1.20 bits per heavy atom. The monoisotopic (exact) mass is 357 g/mol. The maximum atomic E-state index is 13.6. The molecule has 1 amide bonds. The maximum absolute atomic E-state index is 13.6. The quantitative estimate of drug-likeness (QED) is 0.705. The summed E-state index contributed by atoms with van der Waals surface area (Å²) in [5, 5.41) is 2.87. The zero-order valence-electron chi connectivity index (χ0n) is 14.0.